The minimum absolute atomic E-state index is 0.0439. The molecule has 3 N–H and O–H groups in total. The van der Waals surface area contributed by atoms with E-state index in [0.717, 1.165) is 0 Å². The van der Waals surface area contributed by atoms with E-state index in [0.29, 0.717) is 61.0 Å². The largest absolute Gasteiger partial charge is 0.493 e. The number of rotatable bonds is 12. The monoisotopic (exact) mass is 513 g/mol. The average Bonchev–Trinajstić information content (AvgIpc) is 3.25. The van der Waals surface area contributed by atoms with Crippen LogP contribution in [-0.4, -0.2) is 69.5 Å². The van der Waals surface area contributed by atoms with Crippen LogP contribution in [0.2, 0.25) is 0 Å². The second kappa shape index (κ2) is 13.3. The lowest BCUT2D eigenvalue weighted by atomic mass is 10.0. The molecule has 0 bridgehead atoms. The van der Waals surface area contributed by atoms with E-state index in [9.17, 15) is 14.7 Å². The van der Waals surface area contributed by atoms with Crippen molar-refractivity contribution in [1.82, 2.24) is 10.6 Å². The van der Waals surface area contributed by atoms with Gasteiger partial charge in [0, 0.05) is 39.3 Å². The van der Waals surface area contributed by atoms with Crippen molar-refractivity contribution in [2.45, 2.75) is 45.4 Å². The van der Waals surface area contributed by atoms with Crippen LogP contribution in [0.3, 0.4) is 0 Å². The van der Waals surface area contributed by atoms with Gasteiger partial charge in [-0.3, -0.25) is 9.59 Å². The van der Waals surface area contributed by atoms with Gasteiger partial charge in [0.15, 0.2) is 17.6 Å². The summed E-state index contributed by atoms with van der Waals surface area (Å²) in [6.45, 7) is 7.81. The minimum atomic E-state index is -1.26. The van der Waals surface area contributed by atoms with Crippen LogP contribution in [-0.2, 0) is 9.53 Å². The van der Waals surface area contributed by atoms with Crippen LogP contribution in [0.5, 0.6) is 11.5 Å². The fraction of sp³-hybridized carbons (Fsp3) is 0.500. The Morgan fingerprint density at radius 2 is 1.81 bits per heavy atom. The first kappa shape index (κ1) is 28.3. The normalized spacial score (nSPS) is 18.0. The summed E-state index contributed by atoms with van der Waals surface area (Å²) in [5.74, 6) is 0.394. The van der Waals surface area contributed by atoms with Gasteiger partial charge in [-0.2, -0.15) is 0 Å². The van der Waals surface area contributed by atoms with Gasteiger partial charge in [0.05, 0.1) is 31.0 Å². The molecule has 1 fully saturated rings. The number of carbonyl (C=O) groups is 2. The average molecular weight is 514 g/mol. The molecule has 2 aromatic carbocycles. The highest BCUT2D eigenvalue weighted by Gasteiger charge is 2.36. The highest BCUT2D eigenvalue weighted by molar-refractivity contribution is 6.02. The first-order valence-corrected chi connectivity index (χ1v) is 12.7. The van der Waals surface area contributed by atoms with Crippen molar-refractivity contribution in [3.8, 4) is 11.5 Å². The van der Waals surface area contributed by atoms with Gasteiger partial charge in [-0.25, -0.2) is 0 Å². The summed E-state index contributed by atoms with van der Waals surface area (Å²) in [4.78, 5) is 28.1. The molecular formula is C28H39N3O6. The smallest absolute Gasteiger partial charge is 0.253 e. The lowest BCUT2D eigenvalue weighted by Gasteiger charge is -2.26. The molecule has 0 saturated carbocycles. The van der Waals surface area contributed by atoms with Gasteiger partial charge in [0.1, 0.15) is 0 Å². The molecule has 3 rings (SSSR count). The number of hydrogen-bond donors (Lipinski definition) is 3. The van der Waals surface area contributed by atoms with E-state index in [-0.39, 0.29) is 23.9 Å². The number of nitrogens with one attached hydrogen (secondary N) is 2. The van der Waals surface area contributed by atoms with Gasteiger partial charge >= 0.3 is 0 Å². The number of hydrogen-bond acceptors (Lipinski definition) is 7. The lowest BCUT2D eigenvalue weighted by molar-refractivity contribution is -0.130. The third-order valence-corrected chi connectivity index (χ3v) is 6.34. The molecule has 0 spiro atoms. The van der Waals surface area contributed by atoms with Crippen molar-refractivity contribution in [3.05, 3.63) is 53.6 Å². The summed E-state index contributed by atoms with van der Waals surface area (Å²) in [7, 11) is 3.20. The van der Waals surface area contributed by atoms with E-state index < -0.39 is 12.0 Å². The van der Waals surface area contributed by atoms with Crippen LogP contribution in [0.25, 0.3) is 0 Å². The van der Waals surface area contributed by atoms with E-state index in [1.165, 1.54) is 0 Å². The number of aliphatic hydroxyl groups excluding tert-OH is 1. The second-order valence-corrected chi connectivity index (χ2v) is 9.63. The quantitative estimate of drug-likeness (QED) is 0.375. The SMILES string of the molecule is COCCCOc1c(OC)ccc(C(=O)NC(C)C)c1N1C[C@H](C)[C@H](NC(=O)[C@H](O)c2ccccc2)C1. The maximum absolute atomic E-state index is 13.2. The highest BCUT2D eigenvalue weighted by atomic mass is 16.5. The van der Waals surface area contributed by atoms with E-state index >= 15 is 0 Å². The zero-order valence-corrected chi connectivity index (χ0v) is 22.3. The number of aliphatic hydroxyl groups is 1. The molecule has 1 heterocycles. The molecule has 3 atom stereocenters. The predicted molar refractivity (Wildman–Crippen MR) is 142 cm³/mol. The second-order valence-electron chi connectivity index (χ2n) is 9.63. The Morgan fingerprint density at radius 1 is 1.08 bits per heavy atom. The van der Waals surface area contributed by atoms with E-state index in [1.807, 2.05) is 31.7 Å². The molecule has 9 nitrogen and oxygen atoms in total. The Bertz CT molecular complexity index is 1050. The van der Waals surface area contributed by atoms with Crippen LogP contribution >= 0.6 is 0 Å². The summed E-state index contributed by atoms with van der Waals surface area (Å²) in [5.41, 5.74) is 1.64. The Kier molecular flexibility index (Phi) is 10.2. The molecule has 1 aliphatic rings. The van der Waals surface area contributed by atoms with Crippen LogP contribution in [0.4, 0.5) is 5.69 Å². The molecule has 9 heteroatoms. The van der Waals surface area contributed by atoms with E-state index in [2.05, 4.69) is 10.6 Å². The summed E-state index contributed by atoms with van der Waals surface area (Å²) in [5, 5.41) is 16.5. The molecule has 202 valence electrons. The molecule has 1 saturated heterocycles. The lowest BCUT2D eigenvalue weighted by Crippen LogP contribution is -2.42. The third-order valence-electron chi connectivity index (χ3n) is 6.34. The van der Waals surface area contributed by atoms with Gasteiger partial charge in [-0.05, 0) is 37.5 Å². The summed E-state index contributed by atoms with van der Waals surface area (Å²) >= 11 is 0. The molecule has 2 aromatic rings. The fourth-order valence-electron chi connectivity index (χ4n) is 4.45. The fourth-order valence-corrected chi connectivity index (χ4v) is 4.45. The highest BCUT2D eigenvalue weighted by Crippen LogP contribution is 2.43. The van der Waals surface area contributed by atoms with E-state index in [1.54, 1.807) is 50.6 Å². The van der Waals surface area contributed by atoms with Crippen molar-refractivity contribution >= 4 is 17.5 Å². The van der Waals surface area contributed by atoms with Gasteiger partial charge in [0.2, 0.25) is 0 Å². The summed E-state index contributed by atoms with van der Waals surface area (Å²) in [6, 6.07) is 12.0. The maximum atomic E-state index is 13.2. The van der Waals surface area contributed by atoms with Gasteiger partial charge < -0.3 is 34.9 Å². The van der Waals surface area contributed by atoms with Crippen molar-refractivity contribution in [1.29, 1.82) is 0 Å². The van der Waals surface area contributed by atoms with Crippen LogP contribution < -0.4 is 25.0 Å². The number of amides is 2. The predicted octanol–water partition coefficient (Wildman–Crippen LogP) is 2.92. The first-order chi connectivity index (χ1) is 17.8. The van der Waals surface area contributed by atoms with Crippen molar-refractivity contribution in [3.63, 3.8) is 0 Å². The Hall–Kier alpha value is -3.30. The van der Waals surface area contributed by atoms with Gasteiger partial charge in [-0.15, -0.1) is 0 Å². The molecular weight excluding hydrogens is 474 g/mol. The minimum Gasteiger partial charge on any atom is -0.493 e. The summed E-state index contributed by atoms with van der Waals surface area (Å²) < 4.78 is 16.9. The Balaban J connectivity index is 1.89. The number of carbonyl (C=O) groups excluding carboxylic acids is 2. The molecule has 0 unspecified atom stereocenters. The topological polar surface area (TPSA) is 109 Å². The third kappa shape index (κ3) is 7.14. The molecule has 0 aromatic heterocycles. The maximum Gasteiger partial charge on any atom is 0.253 e. The number of benzene rings is 2. The number of methoxy groups -OCH3 is 2. The van der Waals surface area contributed by atoms with Crippen LogP contribution in [0.15, 0.2) is 42.5 Å². The molecule has 37 heavy (non-hydrogen) atoms. The molecule has 0 radical (unpaired) electrons. The Labute approximate surface area is 219 Å². The number of nitrogens with zero attached hydrogens (tertiary/aromatic N) is 1. The zero-order chi connectivity index (χ0) is 26.9. The van der Waals surface area contributed by atoms with Gasteiger partial charge in [-0.1, -0.05) is 37.3 Å². The van der Waals surface area contributed by atoms with E-state index in [4.69, 9.17) is 14.2 Å². The zero-order valence-electron chi connectivity index (χ0n) is 22.3. The van der Waals surface area contributed by atoms with Crippen LogP contribution in [0, 0.1) is 5.92 Å². The summed E-state index contributed by atoms with van der Waals surface area (Å²) in [6.07, 6.45) is -0.583. The molecule has 0 aliphatic carbocycles. The molecule has 2 amide bonds. The number of anilines is 1. The number of ether oxygens (including phenoxy) is 3. The molecule has 1 aliphatic heterocycles. The standard InChI is InChI=1S/C28H39N3O6/c1-18(2)29-27(33)21-12-13-23(36-5)26(37-15-9-14-35-4)24(21)31-16-19(3)22(17-31)30-28(34)25(32)20-10-7-6-8-11-20/h6-8,10-13,18-19,22,25,32H,9,14-17H2,1-5H3,(H,29,33)(H,30,34)/t19-,22+,25+/m0/s1. The van der Waals surface area contributed by atoms with Crippen molar-refractivity contribution in [2.75, 3.05) is 45.4 Å². The van der Waals surface area contributed by atoms with Crippen molar-refractivity contribution in [2.24, 2.45) is 5.92 Å². The van der Waals surface area contributed by atoms with Gasteiger partial charge in [0.25, 0.3) is 11.8 Å². The van der Waals surface area contributed by atoms with Crippen molar-refractivity contribution < 1.29 is 28.9 Å². The first-order valence-electron chi connectivity index (χ1n) is 12.7. The Morgan fingerprint density at radius 3 is 2.46 bits per heavy atom. The van der Waals surface area contributed by atoms with Crippen LogP contribution in [0.1, 0.15) is 49.2 Å².